The van der Waals surface area contributed by atoms with Crippen LogP contribution in [0.1, 0.15) is 63.6 Å². The van der Waals surface area contributed by atoms with E-state index in [1.807, 2.05) is 6.20 Å². The monoisotopic (exact) mass is 232 g/mol. The van der Waals surface area contributed by atoms with Crippen LogP contribution < -0.4 is 5.32 Å². The lowest BCUT2D eigenvalue weighted by atomic mass is 9.82. The second kappa shape index (κ2) is 5.07. The van der Waals surface area contributed by atoms with Crippen molar-refractivity contribution >= 4 is 5.69 Å². The van der Waals surface area contributed by atoms with E-state index in [9.17, 15) is 0 Å². The number of nitrogens with zero attached hydrogens (tertiary/aromatic N) is 1. The first kappa shape index (κ1) is 12.4. The van der Waals surface area contributed by atoms with Crippen molar-refractivity contribution in [2.75, 3.05) is 11.9 Å². The van der Waals surface area contributed by atoms with Gasteiger partial charge in [0.1, 0.15) is 0 Å². The van der Waals surface area contributed by atoms with Gasteiger partial charge in [0.05, 0.1) is 0 Å². The molecule has 0 aliphatic carbocycles. The van der Waals surface area contributed by atoms with Crippen molar-refractivity contribution in [2.45, 2.75) is 52.4 Å². The Hall–Kier alpha value is -1.05. The minimum Gasteiger partial charge on any atom is -0.385 e. The van der Waals surface area contributed by atoms with Crippen LogP contribution in [-0.4, -0.2) is 11.5 Å². The molecule has 1 aromatic heterocycles. The third-order valence-electron chi connectivity index (χ3n) is 3.75. The predicted octanol–water partition coefficient (Wildman–Crippen LogP) is 4.15. The molecule has 1 N–H and O–H groups in total. The molecule has 2 rings (SSSR count). The fourth-order valence-electron chi connectivity index (χ4n) is 2.85. The number of pyridine rings is 1. The van der Waals surface area contributed by atoms with E-state index in [1.165, 1.54) is 29.8 Å². The number of anilines is 1. The molecule has 0 spiro atoms. The summed E-state index contributed by atoms with van der Waals surface area (Å²) >= 11 is 0. The molecular weight excluding hydrogens is 208 g/mol. The van der Waals surface area contributed by atoms with Gasteiger partial charge in [-0.2, -0.15) is 0 Å². The van der Waals surface area contributed by atoms with Crippen molar-refractivity contribution in [1.82, 2.24) is 4.98 Å². The zero-order valence-electron chi connectivity index (χ0n) is 11.5. The van der Waals surface area contributed by atoms with Crippen molar-refractivity contribution in [1.29, 1.82) is 0 Å². The molecular formula is C15H24N2. The summed E-state index contributed by atoms with van der Waals surface area (Å²) in [7, 11) is 0. The fraction of sp³-hybridized carbons (Fsp3) is 0.667. The van der Waals surface area contributed by atoms with Crippen LogP contribution in [-0.2, 0) is 0 Å². The van der Waals surface area contributed by atoms with E-state index in [0.29, 0.717) is 17.8 Å². The summed E-state index contributed by atoms with van der Waals surface area (Å²) in [6.45, 7) is 10.2. The van der Waals surface area contributed by atoms with Gasteiger partial charge in [0, 0.05) is 29.7 Å². The molecule has 1 aliphatic rings. The average Bonchev–Trinajstić information content (AvgIpc) is 2.50. The summed E-state index contributed by atoms with van der Waals surface area (Å²) in [5, 5.41) is 3.57. The molecule has 0 saturated carbocycles. The Kier molecular flexibility index (Phi) is 3.70. The van der Waals surface area contributed by atoms with Crippen LogP contribution >= 0.6 is 0 Å². The Morgan fingerprint density at radius 3 is 2.71 bits per heavy atom. The van der Waals surface area contributed by atoms with Crippen LogP contribution in [0, 0.1) is 5.92 Å². The lowest BCUT2D eigenvalue weighted by Gasteiger charge is -2.24. The quantitative estimate of drug-likeness (QED) is 0.828. The molecule has 0 radical (unpaired) electrons. The Morgan fingerprint density at radius 1 is 1.29 bits per heavy atom. The minimum atomic E-state index is 0.506. The Bertz CT molecular complexity index is 383. The fourth-order valence-corrected chi connectivity index (χ4v) is 2.85. The summed E-state index contributed by atoms with van der Waals surface area (Å²) in [6, 6.07) is 2.14. The van der Waals surface area contributed by atoms with E-state index in [0.717, 1.165) is 6.54 Å². The maximum absolute atomic E-state index is 4.63. The van der Waals surface area contributed by atoms with Gasteiger partial charge in [0.2, 0.25) is 0 Å². The van der Waals surface area contributed by atoms with E-state index in [4.69, 9.17) is 0 Å². The van der Waals surface area contributed by atoms with Gasteiger partial charge in [-0.05, 0) is 36.7 Å². The minimum absolute atomic E-state index is 0.506. The lowest BCUT2D eigenvalue weighted by Crippen LogP contribution is -2.12. The normalized spacial score (nSPS) is 20.0. The Balaban J connectivity index is 2.52. The molecule has 2 heteroatoms. The highest BCUT2D eigenvalue weighted by molar-refractivity contribution is 5.55. The van der Waals surface area contributed by atoms with E-state index in [1.54, 1.807) is 0 Å². The van der Waals surface area contributed by atoms with Crippen LogP contribution in [0.4, 0.5) is 5.69 Å². The van der Waals surface area contributed by atoms with Gasteiger partial charge < -0.3 is 5.32 Å². The number of hydrogen-bond donors (Lipinski definition) is 1. The van der Waals surface area contributed by atoms with Crippen LogP contribution in [0.25, 0.3) is 0 Å². The molecule has 1 atom stereocenters. The molecule has 0 fully saturated rings. The summed E-state index contributed by atoms with van der Waals surface area (Å²) < 4.78 is 0. The molecule has 94 valence electrons. The largest absolute Gasteiger partial charge is 0.385 e. The van der Waals surface area contributed by atoms with Crippen LogP contribution in [0.5, 0.6) is 0 Å². The third kappa shape index (κ3) is 2.46. The summed E-state index contributed by atoms with van der Waals surface area (Å²) in [5.41, 5.74) is 4.09. The summed E-state index contributed by atoms with van der Waals surface area (Å²) in [5.74, 6) is 1.85. The molecule has 2 nitrogen and oxygen atoms in total. The van der Waals surface area contributed by atoms with Gasteiger partial charge in [-0.25, -0.2) is 0 Å². The first-order valence-corrected chi connectivity index (χ1v) is 6.84. The molecule has 0 amide bonds. The smallest absolute Gasteiger partial charge is 0.0484 e. The van der Waals surface area contributed by atoms with Gasteiger partial charge in [0.25, 0.3) is 0 Å². The number of rotatable bonds is 2. The molecule has 0 saturated heterocycles. The van der Waals surface area contributed by atoms with E-state index < -0.39 is 0 Å². The van der Waals surface area contributed by atoms with Crippen molar-refractivity contribution in [3.8, 4) is 0 Å². The van der Waals surface area contributed by atoms with Crippen LogP contribution in [0.2, 0.25) is 0 Å². The molecule has 17 heavy (non-hydrogen) atoms. The van der Waals surface area contributed by atoms with Crippen LogP contribution in [0.15, 0.2) is 12.3 Å². The van der Waals surface area contributed by atoms with Crippen molar-refractivity contribution in [3.63, 3.8) is 0 Å². The van der Waals surface area contributed by atoms with Gasteiger partial charge in [-0.1, -0.05) is 27.7 Å². The first-order valence-electron chi connectivity index (χ1n) is 6.84. The number of hydrogen-bond acceptors (Lipinski definition) is 2. The molecule has 1 aliphatic heterocycles. The lowest BCUT2D eigenvalue weighted by molar-refractivity contribution is 0.461. The molecule has 2 heterocycles. The number of aromatic nitrogens is 1. The number of nitrogens with one attached hydrogen (secondary N) is 1. The standard InChI is InChI=1S/C15H24N2/c1-10(2)12-6-5-8-16-13-7-9-17-15(11(3)4)14(12)13/h7,9-12,16H,5-6,8H2,1-4H3. The van der Waals surface area contributed by atoms with E-state index in [2.05, 4.69) is 44.1 Å². The summed E-state index contributed by atoms with van der Waals surface area (Å²) in [4.78, 5) is 4.63. The van der Waals surface area contributed by atoms with Crippen molar-refractivity contribution < 1.29 is 0 Å². The molecule has 1 aromatic rings. The second-order valence-electron chi connectivity index (χ2n) is 5.73. The van der Waals surface area contributed by atoms with Gasteiger partial charge >= 0.3 is 0 Å². The SMILES string of the molecule is CC(C)c1nccc2c1C(C(C)C)CCCN2. The predicted molar refractivity (Wildman–Crippen MR) is 73.6 cm³/mol. The van der Waals surface area contributed by atoms with Crippen molar-refractivity contribution in [3.05, 3.63) is 23.5 Å². The molecule has 0 bridgehead atoms. The Morgan fingerprint density at radius 2 is 2.06 bits per heavy atom. The third-order valence-corrected chi connectivity index (χ3v) is 3.75. The Labute approximate surface area is 105 Å². The molecule has 1 unspecified atom stereocenters. The van der Waals surface area contributed by atoms with Gasteiger partial charge in [-0.15, -0.1) is 0 Å². The maximum atomic E-state index is 4.63. The zero-order valence-corrected chi connectivity index (χ0v) is 11.5. The highest BCUT2D eigenvalue weighted by atomic mass is 14.9. The van der Waals surface area contributed by atoms with Crippen LogP contribution in [0.3, 0.4) is 0 Å². The van der Waals surface area contributed by atoms with E-state index in [-0.39, 0.29) is 0 Å². The van der Waals surface area contributed by atoms with Gasteiger partial charge in [0.15, 0.2) is 0 Å². The van der Waals surface area contributed by atoms with Crippen molar-refractivity contribution in [2.24, 2.45) is 5.92 Å². The zero-order chi connectivity index (χ0) is 12.4. The maximum Gasteiger partial charge on any atom is 0.0484 e. The molecule has 0 aromatic carbocycles. The first-order chi connectivity index (χ1) is 8.11. The highest BCUT2D eigenvalue weighted by Gasteiger charge is 2.25. The summed E-state index contributed by atoms with van der Waals surface area (Å²) in [6.07, 6.45) is 4.49. The van der Waals surface area contributed by atoms with E-state index >= 15 is 0 Å². The highest BCUT2D eigenvalue weighted by Crippen LogP contribution is 2.39. The average molecular weight is 232 g/mol. The van der Waals surface area contributed by atoms with Gasteiger partial charge in [-0.3, -0.25) is 4.98 Å². The topological polar surface area (TPSA) is 24.9 Å². The number of fused-ring (bicyclic) bond motifs is 1. The second-order valence-corrected chi connectivity index (χ2v) is 5.73.